The van der Waals surface area contributed by atoms with E-state index in [1.165, 1.54) is 0 Å². The van der Waals surface area contributed by atoms with E-state index in [1.807, 2.05) is 0 Å². The fourth-order valence-corrected chi connectivity index (χ4v) is 3.04. The fourth-order valence-electron chi connectivity index (χ4n) is 3.04. The van der Waals surface area contributed by atoms with Crippen LogP contribution in [0.3, 0.4) is 0 Å². The van der Waals surface area contributed by atoms with Gasteiger partial charge in [-0.2, -0.15) is 0 Å². The number of nitro groups is 2. The molecule has 168 valence electrons. The van der Waals surface area contributed by atoms with E-state index < -0.39 is 0 Å². The minimum atomic E-state index is -0.386. The van der Waals surface area contributed by atoms with E-state index in [0.717, 1.165) is 63.0 Å². The van der Waals surface area contributed by atoms with Gasteiger partial charge in [0.2, 0.25) is 0 Å². The molecule has 0 bridgehead atoms. The topological polar surface area (TPSA) is 120 Å². The monoisotopic (exact) mass is 430 g/mol. The average Bonchev–Trinajstić information content (AvgIpc) is 2.77. The van der Waals surface area contributed by atoms with Crippen molar-refractivity contribution in [1.29, 1.82) is 0 Å². The molecule has 31 heavy (non-hydrogen) atoms. The molecule has 9 nitrogen and oxygen atoms in total. The van der Waals surface area contributed by atoms with Crippen LogP contribution in [0.5, 0.6) is 0 Å². The van der Waals surface area contributed by atoms with Crippen molar-refractivity contribution in [2.24, 2.45) is 0 Å². The highest BCUT2D eigenvalue weighted by Gasteiger charge is 2.04. The van der Waals surface area contributed by atoms with Crippen molar-refractivity contribution in [2.45, 2.75) is 25.7 Å². The standard InChI is InChI=1S/C22H30N4O5/c27-25(28)21-9-5-19(6-10-21)3-1-13-23-15-17-31-18-16-24-14-2-4-20-7-11-22(12-8-20)26(29)30/h5-12,23-24H,1-4,13-18H2. The van der Waals surface area contributed by atoms with Gasteiger partial charge < -0.3 is 15.4 Å². The maximum absolute atomic E-state index is 10.6. The highest BCUT2D eigenvalue weighted by molar-refractivity contribution is 5.33. The van der Waals surface area contributed by atoms with Gasteiger partial charge in [-0.1, -0.05) is 24.3 Å². The highest BCUT2D eigenvalue weighted by atomic mass is 16.6. The van der Waals surface area contributed by atoms with Crippen LogP contribution in [-0.4, -0.2) is 49.2 Å². The Morgan fingerprint density at radius 2 is 1.03 bits per heavy atom. The van der Waals surface area contributed by atoms with Crippen LogP contribution >= 0.6 is 0 Å². The molecule has 0 amide bonds. The molecule has 0 aliphatic rings. The molecule has 0 spiro atoms. The highest BCUT2D eigenvalue weighted by Crippen LogP contribution is 2.13. The van der Waals surface area contributed by atoms with Gasteiger partial charge in [0, 0.05) is 37.4 Å². The Balaban J connectivity index is 1.37. The first-order valence-corrected chi connectivity index (χ1v) is 10.5. The van der Waals surface area contributed by atoms with Gasteiger partial charge in [0.05, 0.1) is 23.1 Å². The van der Waals surface area contributed by atoms with Gasteiger partial charge in [0.15, 0.2) is 0 Å². The van der Waals surface area contributed by atoms with E-state index in [4.69, 9.17) is 4.74 Å². The lowest BCUT2D eigenvalue weighted by Gasteiger charge is -2.08. The van der Waals surface area contributed by atoms with Gasteiger partial charge in [-0.05, 0) is 49.9 Å². The van der Waals surface area contributed by atoms with Crippen LogP contribution < -0.4 is 10.6 Å². The number of aryl methyl sites for hydroxylation is 2. The van der Waals surface area contributed by atoms with E-state index in [-0.39, 0.29) is 21.2 Å². The van der Waals surface area contributed by atoms with Crippen molar-refractivity contribution in [2.75, 3.05) is 39.4 Å². The third-order valence-corrected chi connectivity index (χ3v) is 4.78. The third-order valence-electron chi connectivity index (χ3n) is 4.78. The van der Waals surface area contributed by atoms with E-state index in [2.05, 4.69) is 10.6 Å². The Hall–Kier alpha value is -2.88. The molecule has 0 unspecified atom stereocenters. The first kappa shape index (κ1) is 24.4. The number of benzene rings is 2. The van der Waals surface area contributed by atoms with Crippen molar-refractivity contribution >= 4 is 11.4 Å². The zero-order valence-electron chi connectivity index (χ0n) is 17.6. The Morgan fingerprint density at radius 3 is 1.39 bits per heavy atom. The maximum Gasteiger partial charge on any atom is 0.269 e. The molecule has 9 heteroatoms. The van der Waals surface area contributed by atoms with E-state index in [9.17, 15) is 20.2 Å². The van der Waals surface area contributed by atoms with Crippen molar-refractivity contribution in [1.82, 2.24) is 10.6 Å². The Kier molecular flexibility index (Phi) is 11.2. The lowest BCUT2D eigenvalue weighted by Crippen LogP contribution is -2.25. The summed E-state index contributed by atoms with van der Waals surface area (Å²) >= 11 is 0. The molecule has 2 N–H and O–H groups in total. The van der Waals surface area contributed by atoms with Gasteiger partial charge in [0.1, 0.15) is 0 Å². The number of rotatable bonds is 16. The van der Waals surface area contributed by atoms with Crippen LogP contribution in [-0.2, 0) is 17.6 Å². The van der Waals surface area contributed by atoms with Gasteiger partial charge in [-0.3, -0.25) is 20.2 Å². The summed E-state index contributed by atoms with van der Waals surface area (Å²) in [4.78, 5) is 20.5. The molecular formula is C22H30N4O5. The van der Waals surface area contributed by atoms with Crippen molar-refractivity contribution in [3.63, 3.8) is 0 Å². The quantitative estimate of drug-likeness (QED) is 0.238. The fraction of sp³-hybridized carbons (Fsp3) is 0.455. The number of non-ortho nitro benzene ring substituents is 2. The van der Waals surface area contributed by atoms with E-state index >= 15 is 0 Å². The molecule has 2 aromatic rings. The maximum atomic E-state index is 10.6. The van der Waals surface area contributed by atoms with Crippen molar-refractivity contribution < 1.29 is 14.6 Å². The predicted octanol–water partition coefficient (Wildman–Crippen LogP) is 3.26. The lowest BCUT2D eigenvalue weighted by molar-refractivity contribution is -0.385. The molecule has 0 aromatic heterocycles. The van der Waals surface area contributed by atoms with Crippen LogP contribution in [0.25, 0.3) is 0 Å². The van der Waals surface area contributed by atoms with Crippen LogP contribution in [0, 0.1) is 20.2 Å². The summed E-state index contributed by atoms with van der Waals surface area (Å²) in [6.07, 6.45) is 3.70. The van der Waals surface area contributed by atoms with Crippen LogP contribution in [0.1, 0.15) is 24.0 Å². The molecule has 2 aromatic carbocycles. The number of hydrogen-bond acceptors (Lipinski definition) is 7. The second-order valence-electron chi connectivity index (χ2n) is 7.17. The van der Waals surface area contributed by atoms with E-state index in [1.54, 1.807) is 48.5 Å². The number of nitrogens with one attached hydrogen (secondary N) is 2. The number of ether oxygens (including phenoxy) is 1. The van der Waals surface area contributed by atoms with Crippen molar-refractivity contribution in [3.8, 4) is 0 Å². The largest absolute Gasteiger partial charge is 0.379 e. The summed E-state index contributed by atoms with van der Waals surface area (Å²) in [5.74, 6) is 0. The molecule has 0 radical (unpaired) electrons. The zero-order chi connectivity index (χ0) is 22.3. The number of nitrogens with zero attached hydrogens (tertiary/aromatic N) is 2. The van der Waals surface area contributed by atoms with Gasteiger partial charge in [-0.15, -0.1) is 0 Å². The lowest BCUT2D eigenvalue weighted by atomic mass is 10.1. The SMILES string of the molecule is O=[N+]([O-])c1ccc(CCCNCCOCCNCCCc2ccc([N+](=O)[O-])cc2)cc1. The Bertz CT molecular complexity index is 729. The van der Waals surface area contributed by atoms with Crippen molar-refractivity contribution in [3.05, 3.63) is 79.9 Å². The molecule has 0 saturated carbocycles. The summed E-state index contributed by atoms with van der Waals surface area (Å²) in [5, 5.41) is 27.9. The first-order chi connectivity index (χ1) is 15.1. The Labute approximate surface area is 182 Å². The molecule has 0 aliphatic carbocycles. The van der Waals surface area contributed by atoms with Gasteiger partial charge >= 0.3 is 0 Å². The van der Waals surface area contributed by atoms with Gasteiger partial charge in [0.25, 0.3) is 11.4 Å². The summed E-state index contributed by atoms with van der Waals surface area (Å²) < 4.78 is 5.58. The summed E-state index contributed by atoms with van der Waals surface area (Å²) in [7, 11) is 0. The number of nitro benzene ring substituents is 2. The average molecular weight is 431 g/mol. The molecule has 0 fully saturated rings. The molecular weight excluding hydrogens is 400 g/mol. The normalized spacial score (nSPS) is 10.8. The second kappa shape index (κ2) is 14.2. The van der Waals surface area contributed by atoms with Crippen LogP contribution in [0.4, 0.5) is 11.4 Å². The smallest absolute Gasteiger partial charge is 0.269 e. The first-order valence-electron chi connectivity index (χ1n) is 10.5. The minimum absolute atomic E-state index is 0.123. The predicted molar refractivity (Wildman–Crippen MR) is 119 cm³/mol. The van der Waals surface area contributed by atoms with Gasteiger partial charge in [-0.25, -0.2) is 0 Å². The molecule has 0 atom stereocenters. The second-order valence-corrected chi connectivity index (χ2v) is 7.17. The molecule has 2 rings (SSSR count). The van der Waals surface area contributed by atoms with E-state index in [0.29, 0.717) is 13.2 Å². The van der Waals surface area contributed by atoms with Crippen LogP contribution in [0.15, 0.2) is 48.5 Å². The Morgan fingerprint density at radius 1 is 0.645 bits per heavy atom. The zero-order valence-corrected chi connectivity index (χ0v) is 17.6. The van der Waals surface area contributed by atoms with Crippen LogP contribution in [0.2, 0.25) is 0 Å². The molecule has 0 heterocycles. The number of hydrogen-bond donors (Lipinski definition) is 2. The molecule has 0 aliphatic heterocycles. The minimum Gasteiger partial charge on any atom is -0.379 e. The summed E-state index contributed by atoms with van der Waals surface area (Å²) in [5.41, 5.74) is 2.45. The summed E-state index contributed by atoms with van der Waals surface area (Å²) in [6.45, 7) is 4.65. The molecule has 0 saturated heterocycles. The summed E-state index contributed by atoms with van der Waals surface area (Å²) in [6, 6.07) is 13.4. The third kappa shape index (κ3) is 10.1.